The monoisotopic (exact) mass is 182 g/mol. The predicted molar refractivity (Wildman–Crippen MR) is 49.2 cm³/mol. The molecule has 0 radical (unpaired) electrons. The summed E-state index contributed by atoms with van der Waals surface area (Å²) in [6, 6.07) is 1.65. The number of hydrogen-bond donors (Lipinski definition) is 2. The van der Waals surface area contributed by atoms with E-state index < -0.39 is 0 Å². The van der Waals surface area contributed by atoms with Crippen molar-refractivity contribution in [2.75, 3.05) is 20.1 Å². The molecule has 5 nitrogen and oxygen atoms in total. The van der Waals surface area contributed by atoms with Gasteiger partial charge in [-0.05, 0) is 19.0 Å². The Hall–Kier alpha value is -1.36. The number of H-pyrrole nitrogens is 1. The van der Waals surface area contributed by atoms with Crippen LogP contribution in [0, 0.1) is 0 Å². The molecule has 0 fully saturated rings. The van der Waals surface area contributed by atoms with Crippen molar-refractivity contribution in [1.29, 1.82) is 0 Å². The summed E-state index contributed by atoms with van der Waals surface area (Å²) in [5.74, 6) is -0.0500. The lowest BCUT2D eigenvalue weighted by atomic mass is 10.3. The van der Waals surface area contributed by atoms with E-state index in [0.29, 0.717) is 18.8 Å². The van der Waals surface area contributed by atoms with Crippen molar-refractivity contribution in [3.63, 3.8) is 0 Å². The lowest BCUT2D eigenvalue weighted by Crippen LogP contribution is -2.29. The van der Waals surface area contributed by atoms with Crippen LogP contribution in [0.4, 0.5) is 0 Å². The van der Waals surface area contributed by atoms with Crippen LogP contribution in [-0.4, -0.2) is 41.1 Å². The van der Waals surface area contributed by atoms with E-state index in [9.17, 15) is 4.79 Å². The molecule has 1 aromatic rings. The number of aromatic amines is 1. The van der Waals surface area contributed by atoms with Crippen LogP contribution in [0.3, 0.4) is 0 Å². The zero-order valence-corrected chi connectivity index (χ0v) is 7.66. The standard InChI is InChI=1S/C8H14N4O/c1-12(6-2-4-9)8(13)7-3-5-10-11-7/h3,5H,2,4,6,9H2,1H3,(H,10,11). The lowest BCUT2D eigenvalue weighted by Gasteiger charge is -2.14. The van der Waals surface area contributed by atoms with Gasteiger partial charge in [-0.15, -0.1) is 0 Å². The summed E-state index contributed by atoms with van der Waals surface area (Å²) in [6.45, 7) is 1.27. The molecule has 5 heteroatoms. The summed E-state index contributed by atoms with van der Waals surface area (Å²) in [6.07, 6.45) is 2.38. The number of carbonyl (C=O) groups excluding carboxylic acids is 1. The molecule has 0 aromatic carbocycles. The normalized spacial score (nSPS) is 10.0. The van der Waals surface area contributed by atoms with E-state index in [1.807, 2.05) is 0 Å². The molecule has 3 N–H and O–H groups in total. The molecule has 0 aliphatic heterocycles. The Balaban J connectivity index is 2.48. The molecule has 1 rings (SSSR count). The van der Waals surface area contributed by atoms with Crippen molar-refractivity contribution < 1.29 is 4.79 Å². The second kappa shape index (κ2) is 4.61. The highest BCUT2D eigenvalue weighted by Crippen LogP contribution is 1.98. The number of nitrogens with two attached hydrogens (primary N) is 1. The Morgan fingerprint density at radius 2 is 2.54 bits per heavy atom. The zero-order chi connectivity index (χ0) is 9.68. The number of nitrogens with zero attached hydrogens (tertiary/aromatic N) is 2. The van der Waals surface area contributed by atoms with Crippen LogP contribution < -0.4 is 5.73 Å². The van der Waals surface area contributed by atoms with Gasteiger partial charge >= 0.3 is 0 Å². The lowest BCUT2D eigenvalue weighted by molar-refractivity contribution is 0.0788. The van der Waals surface area contributed by atoms with Gasteiger partial charge in [0.2, 0.25) is 0 Å². The van der Waals surface area contributed by atoms with E-state index in [1.165, 1.54) is 0 Å². The largest absolute Gasteiger partial charge is 0.340 e. The summed E-state index contributed by atoms with van der Waals surface area (Å²) in [5.41, 5.74) is 5.85. The third-order valence-electron chi connectivity index (χ3n) is 1.78. The third kappa shape index (κ3) is 2.55. The van der Waals surface area contributed by atoms with Crippen LogP contribution in [-0.2, 0) is 0 Å². The van der Waals surface area contributed by atoms with Gasteiger partial charge in [0.15, 0.2) is 0 Å². The van der Waals surface area contributed by atoms with Gasteiger partial charge in [-0.1, -0.05) is 0 Å². The summed E-state index contributed by atoms with van der Waals surface area (Å²) in [4.78, 5) is 13.2. The molecule has 0 bridgehead atoms. The molecule has 1 amide bonds. The number of rotatable bonds is 4. The quantitative estimate of drug-likeness (QED) is 0.679. The smallest absolute Gasteiger partial charge is 0.271 e. The Bertz CT molecular complexity index is 257. The number of carbonyl (C=O) groups is 1. The van der Waals surface area contributed by atoms with E-state index in [-0.39, 0.29) is 5.91 Å². The summed E-state index contributed by atoms with van der Waals surface area (Å²) in [5, 5.41) is 6.33. The third-order valence-corrected chi connectivity index (χ3v) is 1.78. The average molecular weight is 182 g/mol. The molecule has 72 valence electrons. The molecule has 0 saturated heterocycles. The minimum atomic E-state index is -0.0500. The Morgan fingerprint density at radius 3 is 3.08 bits per heavy atom. The van der Waals surface area contributed by atoms with Crippen molar-refractivity contribution in [1.82, 2.24) is 15.1 Å². The molecular formula is C8H14N4O. The number of amides is 1. The van der Waals surface area contributed by atoms with Crippen LogP contribution in [0.25, 0.3) is 0 Å². The molecule has 13 heavy (non-hydrogen) atoms. The molecule has 0 spiro atoms. The first-order valence-electron chi connectivity index (χ1n) is 4.20. The molecule has 0 unspecified atom stereocenters. The van der Waals surface area contributed by atoms with Gasteiger partial charge in [-0.25, -0.2) is 0 Å². The maximum absolute atomic E-state index is 11.5. The van der Waals surface area contributed by atoms with E-state index in [4.69, 9.17) is 5.73 Å². The fraction of sp³-hybridized carbons (Fsp3) is 0.500. The number of hydrogen-bond acceptors (Lipinski definition) is 3. The van der Waals surface area contributed by atoms with Gasteiger partial charge < -0.3 is 10.6 Å². The van der Waals surface area contributed by atoms with E-state index in [0.717, 1.165) is 6.42 Å². The highest BCUT2D eigenvalue weighted by molar-refractivity contribution is 5.91. The van der Waals surface area contributed by atoms with E-state index >= 15 is 0 Å². The fourth-order valence-electron chi connectivity index (χ4n) is 1.01. The first kappa shape index (κ1) is 9.73. The average Bonchev–Trinajstić information content (AvgIpc) is 2.65. The van der Waals surface area contributed by atoms with Crippen molar-refractivity contribution in [3.8, 4) is 0 Å². The predicted octanol–water partition coefficient (Wildman–Crippen LogP) is -0.170. The highest BCUT2D eigenvalue weighted by Gasteiger charge is 2.11. The summed E-state index contributed by atoms with van der Waals surface area (Å²) < 4.78 is 0. The van der Waals surface area contributed by atoms with Crippen LogP contribution in [0.15, 0.2) is 12.3 Å². The van der Waals surface area contributed by atoms with E-state index in [2.05, 4.69) is 10.2 Å². The molecule has 0 saturated carbocycles. The number of aromatic nitrogens is 2. The Kier molecular flexibility index (Phi) is 3.45. The molecule has 1 heterocycles. The SMILES string of the molecule is CN(CCCN)C(=O)c1ccn[nH]1. The fourth-order valence-corrected chi connectivity index (χ4v) is 1.01. The van der Waals surface area contributed by atoms with Crippen molar-refractivity contribution in [2.45, 2.75) is 6.42 Å². The van der Waals surface area contributed by atoms with Gasteiger partial charge in [0, 0.05) is 19.8 Å². The first-order chi connectivity index (χ1) is 6.25. The second-order valence-corrected chi connectivity index (χ2v) is 2.84. The Labute approximate surface area is 76.9 Å². The van der Waals surface area contributed by atoms with Crippen LogP contribution >= 0.6 is 0 Å². The van der Waals surface area contributed by atoms with Gasteiger partial charge in [0.05, 0.1) is 0 Å². The van der Waals surface area contributed by atoms with Crippen LogP contribution in [0.2, 0.25) is 0 Å². The topological polar surface area (TPSA) is 75.0 Å². The summed E-state index contributed by atoms with van der Waals surface area (Å²) in [7, 11) is 1.75. The van der Waals surface area contributed by atoms with Crippen LogP contribution in [0.1, 0.15) is 16.9 Å². The highest BCUT2D eigenvalue weighted by atomic mass is 16.2. The van der Waals surface area contributed by atoms with Gasteiger partial charge in [-0.2, -0.15) is 5.10 Å². The molecule has 0 aliphatic carbocycles. The number of nitrogens with one attached hydrogen (secondary N) is 1. The van der Waals surface area contributed by atoms with E-state index in [1.54, 1.807) is 24.2 Å². The van der Waals surface area contributed by atoms with Crippen molar-refractivity contribution in [2.24, 2.45) is 5.73 Å². The zero-order valence-electron chi connectivity index (χ0n) is 7.66. The maximum Gasteiger partial charge on any atom is 0.271 e. The minimum absolute atomic E-state index is 0.0500. The van der Waals surface area contributed by atoms with Gasteiger partial charge in [0.1, 0.15) is 5.69 Å². The summed E-state index contributed by atoms with van der Waals surface area (Å²) >= 11 is 0. The molecule has 0 atom stereocenters. The van der Waals surface area contributed by atoms with Gasteiger partial charge in [-0.3, -0.25) is 9.89 Å². The molecular weight excluding hydrogens is 168 g/mol. The minimum Gasteiger partial charge on any atom is -0.340 e. The molecule has 1 aromatic heterocycles. The van der Waals surface area contributed by atoms with Crippen molar-refractivity contribution >= 4 is 5.91 Å². The maximum atomic E-state index is 11.5. The van der Waals surface area contributed by atoms with Crippen LogP contribution in [0.5, 0.6) is 0 Å². The van der Waals surface area contributed by atoms with Crippen molar-refractivity contribution in [3.05, 3.63) is 18.0 Å². The molecule has 0 aliphatic rings. The first-order valence-corrected chi connectivity index (χ1v) is 4.20. The second-order valence-electron chi connectivity index (χ2n) is 2.84. The van der Waals surface area contributed by atoms with Gasteiger partial charge in [0.25, 0.3) is 5.91 Å². The Morgan fingerprint density at radius 1 is 1.77 bits per heavy atom.